The molecule has 1 aliphatic heterocycles. The molecule has 2 aromatic rings. The summed E-state index contributed by atoms with van der Waals surface area (Å²) in [4.78, 5) is 19.9. The van der Waals surface area contributed by atoms with Crippen LogP contribution in [0.3, 0.4) is 0 Å². The molecule has 0 aliphatic carbocycles. The minimum Gasteiger partial charge on any atom is -0.354 e. The minimum absolute atomic E-state index is 0.0468. The summed E-state index contributed by atoms with van der Waals surface area (Å²) in [5.41, 5.74) is 0.641. The SMILES string of the molecule is CCc1nn2c(=O)c(C)c(N3CCNCC3)nc2s1. The first-order valence-corrected chi connectivity index (χ1v) is 7.37. The van der Waals surface area contributed by atoms with Gasteiger partial charge in [0.2, 0.25) is 4.96 Å². The van der Waals surface area contributed by atoms with E-state index in [9.17, 15) is 4.79 Å². The van der Waals surface area contributed by atoms with Gasteiger partial charge < -0.3 is 10.2 Å². The lowest BCUT2D eigenvalue weighted by Crippen LogP contribution is -2.44. The third-order valence-electron chi connectivity index (χ3n) is 3.37. The summed E-state index contributed by atoms with van der Waals surface area (Å²) in [5, 5.41) is 8.56. The summed E-state index contributed by atoms with van der Waals surface area (Å²) in [6.07, 6.45) is 0.829. The van der Waals surface area contributed by atoms with Crippen LogP contribution >= 0.6 is 11.3 Å². The monoisotopic (exact) mass is 279 g/mol. The second kappa shape index (κ2) is 4.90. The summed E-state index contributed by atoms with van der Waals surface area (Å²) < 4.78 is 1.44. The van der Waals surface area contributed by atoms with Crippen molar-refractivity contribution in [2.75, 3.05) is 31.1 Å². The molecule has 6 nitrogen and oxygen atoms in total. The number of piperazine rings is 1. The molecule has 0 radical (unpaired) electrons. The summed E-state index contributed by atoms with van der Waals surface area (Å²) in [5.74, 6) is 0.817. The Hall–Kier alpha value is -1.47. The summed E-state index contributed by atoms with van der Waals surface area (Å²) in [7, 11) is 0. The Bertz CT molecular complexity index is 656. The van der Waals surface area contributed by atoms with E-state index >= 15 is 0 Å². The van der Waals surface area contributed by atoms with Gasteiger partial charge in [0.15, 0.2) is 0 Å². The summed E-state index contributed by atoms with van der Waals surface area (Å²) in [6, 6.07) is 0. The molecule has 3 heterocycles. The van der Waals surface area contributed by atoms with Gasteiger partial charge in [0, 0.05) is 26.2 Å². The summed E-state index contributed by atoms with van der Waals surface area (Å²) >= 11 is 1.50. The van der Waals surface area contributed by atoms with Crippen LogP contribution in [0.1, 0.15) is 17.5 Å². The molecule has 0 unspecified atom stereocenters. The number of aromatic nitrogens is 3. The maximum atomic E-state index is 12.3. The van der Waals surface area contributed by atoms with Gasteiger partial charge in [-0.25, -0.2) is 4.98 Å². The molecule has 1 saturated heterocycles. The highest BCUT2D eigenvalue weighted by Crippen LogP contribution is 2.19. The molecule has 1 N–H and O–H groups in total. The highest BCUT2D eigenvalue weighted by molar-refractivity contribution is 7.16. The highest BCUT2D eigenvalue weighted by Gasteiger charge is 2.19. The lowest BCUT2D eigenvalue weighted by atomic mass is 10.3. The topological polar surface area (TPSA) is 62.5 Å². The van der Waals surface area contributed by atoms with E-state index in [1.807, 2.05) is 13.8 Å². The first kappa shape index (κ1) is 12.6. The van der Waals surface area contributed by atoms with E-state index in [0.29, 0.717) is 10.5 Å². The van der Waals surface area contributed by atoms with E-state index in [1.54, 1.807) is 0 Å². The molecule has 0 spiro atoms. The van der Waals surface area contributed by atoms with Crippen LogP contribution in [0, 0.1) is 6.92 Å². The molecule has 0 bridgehead atoms. The normalized spacial score (nSPS) is 16.2. The van der Waals surface area contributed by atoms with Crippen LogP contribution in [0.25, 0.3) is 4.96 Å². The van der Waals surface area contributed by atoms with Gasteiger partial charge in [-0.1, -0.05) is 18.3 Å². The molecule has 0 saturated carbocycles. The van der Waals surface area contributed by atoms with Crippen LogP contribution in [0.2, 0.25) is 0 Å². The molecule has 0 aromatic carbocycles. The number of rotatable bonds is 2. The Morgan fingerprint density at radius 3 is 2.79 bits per heavy atom. The van der Waals surface area contributed by atoms with Gasteiger partial charge in [-0.3, -0.25) is 4.79 Å². The molecule has 102 valence electrons. The Morgan fingerprint density at radius 1 is 1.37 bits per heavy atom. The lowest BCUT2D eigenvalue weighted by molar-refractivity contribution is 0.583. The van der Waals surface area contributed by atoms with E-state index in [-0.39, 0.29) is 5.56 Å². The van der Waals surface area contributed by atoms with Crippen LogP contribution in [-0.4, -0.2) is 40.8 Å². The molecule has 19 heavy (non-hydrogen) atoms. The first-order chi connectivity index (χ1) is 9.20. The van der Waals surface area contributed by atoms with Gasteiger partial charge in [0.05, 0.1) is 5.56 Å². The molecule has 3 rings (SSSR count). The average Bonchev–Trinajstić information content (AvgIpc) is 2.87. The van der Waals surface area contributed by atoms with Gasteiger partial charge in [-0.05, 0) is 13.3 Å². The Morgan fingerprint density at radius 2 is 2.11 bits per heavy atom. The van der Waals surface area contributed by atoms with Crippen LogP contribution in [0.15, 0.2) is 4.79 Å². The lowest BCUT2D eigenvalue weighted by Gasteiger charge is -2.29. The third-order valence-corrected chi connectivity index (χ3v) is 4.42. The molecule has 2 aromatic heterocycles. The van der Waals surface area contributed by atoms with Gasteiger partial charge in [-0.15, -0.1) is 0 Å². The van der Waals surface area contributed by atoms with Crippen LogP contribution in [0.5, 0.6) is 0 Å². The number of anilines is 1. The Balaban J connectivity index is 2.14. The highest BCUT2D eigenvalue weighted by atomic mass is 32.1. The van der Waals surface area contributed by atoms with E-state index in [4.69, 9.17) is 0 Å². The van der Waals surface area contributed by atoms with E-state index in [0.717, 1.165) is 43.4 Å². The van der Waals surface area contributed by atoms with Crippen molar-refractivity contribution in [3.8, 4) is 0 Å². The smallest absolute Gasteiger partial charge is 0.280 e. The molecular formula is C12H17N5OS. The predicted molar refractivity (Wildman–Crippen MR) is 76.3 cm³/mol. The van der Waals surface area contributed by atoms with Crippen molar-refractivity contribution in [3.63, 3.8) is 0 Å². The van der Waals surface area contributed by atoms with Crippen molar-refractivity contribution in [2.24, 2.45) is 0 Å². The summed E-state index contributed by atoms with van der Waals surface area (Å²) in [6.45, 7) is 7.52. The zero-order valence-corrected chi connectivity index (χ0v) is 12.0. The second-order valence-electron chi connectivity index (χ2n) is 4.65. The fourth-order valence-electron chi connectivity index (χ4n) is 2.28. The molecule has 1 fully saturated rings. The van der Waals surface area contributed by atoms with Crippen molar-refractivity contribution in [1.29, 1.82) is 0 Å². The fourth-order valence-corrected chi connectivity index (χ4v) is 3.10. The van der Waals surface area contributed by atoms with Crippen LogP contribution < -0.4 is 15.8 Å². The van der Waals surface area contributed by atoms with E-state index < -0.39 is 0 Å². The maximum absolute atomic E-state index is 12.3. The van der Waals surface area contributed by atoms with Crippen molar-refractivity contribution in [1.82, 2.24) is 19.9 Å². The zero-order chi connectivity index (χ0) is 13.4. The van der Waals surface area contributed by atoms with E-state index in [2.05, 4.69) is 20.3 Å². The van der Waals surface area contributed by atoms with Gasteiger partial charge in [0.1, 0.15) is 10.8 Å². The Kier molecular flexibility index (Phi) is 3.24. The van der Waals surface area contributed by atoms with Crippen molar-refractivity contribution in [2.45, 2.75) is 20.3 Å². The minimum atomic E-state index is -0.0468. The zero-order valence-electron chi connectivity index (χ0n) is 11.1. The molecule has 1 aliphatic rings. The number of hydrogen-bond donors (Lipinski definition) is 1. The van der Waals surface area contributed by atoms with E-state index in [1.165, 1.54) is 15.9 Å². The fraction of sp³-hybridized carbons (Fsp3) is 0.583. The van der Waals surface area contributed by atoms with Crippen LogP contribution in [0.4, 0.5) is 5.82 Å². The van der Waals surface area contributed by atoms with Crippen molar-refractivity contribution >= 4 is 22.1 Å². The van der Waals surface area contributed by atoms with Crippen molar-refractivity contribution in [3.05, 3.63) is 20.9 Å². The number of nitrogens with one attached hydrogen (secondary N) is 1. The molecule has 0 amide bonds. The third kappa shape index (κ3) is 2.12. The molecular weight excluding hydrogens is 262 g/mol. The number of nitrogens with zero attached hydrogens (tertiary/aromatic N) is 4. The van der Waals surface area contributed by atoms with Crippen molar-refractivity contribution < 1.29 is 0 Å². The van der Waals surface area contributed by atoms with Gasteiger partial charge in [0.25, 0.3) is 5.56 Å². The second-order valence-corrected chi connectivity index (χ2v) is 5.69. The standard InChI is InChI=1S/C12H17N5OS/c1-3-9-15-17-11(18)8(2)10(14-12(17)19-9)16-6-4-13-5-7-16/h13H,3-7H2,1-2H3. The van der Waals surface area contributed by atoms with Gasteiger partial charge >= 0.3 is 0 Å². The number of hydrogen-bond acceptors (Lipinski definition) is 6. The molecule has 7 heteroatoms. The average molecular weight is 279 g/mol. The maximum Gasteiger partial charge on any atom is 0.280 e. The predicted octanol–water partition coefficient (Wildman–Crippen LogP) is 0.431. The first-order valence-electron chi connectivity index (χ1n) is 6.55. The Labute approximate surface area is 115 Å². The van der Waals surface area contributed by atoms with Gasteiger partial charge in [-0.2, -0.15) is 9.61 Å². The van der Waals surface area contributed by atoms with Crippen LogP contribution in [-0.2, 0) is 6.42 Å². The number of fused-ring (bicyclic) bond motifs is 1. The largest absolute Gasteiger partial charge is 0.354 e. The quantitative estimate of drug-likeness (QED) is 0.864. The number of aryl methyl sites for hydroxylation is 1. The molecule has 0 atom stereocenters.